The molecule has 0 amide bonds. The highest BCUT2D eigenvalue weighted by Gasteiger charge is 2.05. The summed E-state index contributed by atoms with van der Waals surface area (Å²) in [6.45, 7) is 4.43. The maximum atomic E-state index is 5.89. The fourth-order valence-corrected chi connectivity index (χ4v) is 1.18. The van der Waals surface area contributed by atoms with E-state index in [2.05, 4.69) is 21.2 Å². The normalized spacial score (nSPS) is 9.57. The van der Waals surface area contributed by atoms with Crippen molar-refractivity contribution in [2.45, 2.75) is 20.3 Å². The minimum Gasteiger partial charge on any atom is -0.367 e. The number of aryl methyl sites for hydroxylation is 2. The molecule has 0 aliphatic carbocycles. The first-order valence-corrected chi connectivity index (χ1v) is 4.71. The number of anilines is 1. The monoisotopic (exact) mass is 209 g/mol. The molecule has 1 aromatic heterocycles. The van der Waals surface area contributed by atoms with Gasteiger partial charge < -0.3 is 5.32 Å². The van der Waals surface area contributed by atoms with Crippen LogP contribution in [0, 0.1) is 26.2 Å². The van der Waals surface area contributed by atoms with Crippen molar-refractivity contribution in [3.05, 3.63) is 16.5 Å². The van der Waals surface area contributed by atoms with E-state index in [-0.39, 0.29) is 0 Å². The lowest BCUT2D eigenvalue weighted by molar-refractivity contribution is 1.01. The second kappa shape index (κ2) is 4.83. The van der Waals surface area contributed by atoms with Crippen LogP contribution in [0.4, 0.5) is 5.82 Å². The molecule has 14 heavy (non-hydrogen) atoms. The van der Waals surface area contributed by atoms with Crippen molar-refractivity contribution in [1.82, 2.24) is 9.97 Å². The van der Waals surface area contributed by atoms with E-state index >= 15 is 0 Å². The highest BCUT2D eigenvalue weighted by Crippen LogP contribution is 2.17. The van der Waals surface area contributed by atoms with Crippen LogP contribution in [0.5, 0.6) is 0 Å². The molecule has 3 nitrogen and oxygen atoms in total. The number of terminal acetylenes is 1. The van der Waals surface area contributed by atoms with Crippen LogP contribution in [0.1, 0.15) is 17.8 Å². The first-order valence-electron chi connectivity index (χ1n) is 4.33. The molecule has 0 saturated carbocycles. The van der Waals surface area contributed by atoms with E-state index < -0.39 is 0 Å². The maximum absolute atomic E-state index is 5.89. The molecule has 1 aromatic rings. The second-order valence-corrected chi connectivity index (χ2v) is 3.27. The van der Waals surface area contributed by atoms with Gasteiger partial charge in [-0.2, -0.15) is 0 Å². The molecule has 0 saturated heterocycles. The molecule has 1 rings (SSSR count). The minimum absolute atomic E-state index is 0.394. The molecule has 1 N–H and O–H groups in total. The van der Waals surface area contributed by atoms with E-state index in [4.69, 9.17) is 18.0 Å². The highest BCUT2D eigenvalue weighted by molar-refractivity contribution is 6.31. The minimum atomic E-state index is 0.394. The summed E-state index contributed by atoms with van der Waals surface area (Å²) in [4.78, 5) is 8.41. The number of hydrogen-bond acceptors (Lipinski definition) is 3. The van der Waals surface area contributed by atoms with Crippen LogP contribution in [0.15, 0.2) is 0 Å². The van der Waals surface area contributed by atoms with Gasteiger partial charge in [0.25, 0.3) is 0 Å². The Hall–Kier alpha value is -1.27. The van der Waals surface area contributed by atoms with E-state index in [1.165, 1.54) is 0 Å². The quantitative estimate of drug-likeness (QED) is 0.613. The van der Waals surface area contributed by atoms with Crippen molar-refractivity contribution in [3.63, 3.8) is 0 Å². The molecule has 0 aliphatic rings. The molecular weight excluding hydrogens is 198 g/mol. The number of hydrogen-bond donors (Lipinski definition) is 1. The van der Waals surface area contributed by atoms with Gasteiger partial charge in [0.2, 0.25) is 0 Å². The predicted molar refractivity (Wildman–Crippen MR) is 58.5 cm³/mol. The number of nitrogens with zero attached hydrogens (tertiary/aromatic N) is 2. The van der Waals surface area contributed by atoms with Gasteiger partial charge in [0.1, 0.15) is 0 Å². The average Bonchev–Trinajstić information content (AvgIpc) is 2.14. The van der Waals surface area contributed by atoms with Gasteiger partial charge in [-0.25, -0.2) is 9.97 Å². The van der Waals surface area contributed by atoms with Crippen LogP contribution >= 0.6 is 11.6 Å². The van der Waals surface area contributed by atoms with Crippen LogP contribution in [-0.2, 0) is 0 Å². The van der Waals surface area contributed by atoms with Crippen LogP contribution in [0.25, 0.3) is 0 Å². The summed E-state index contributed by atoms with van der Waals surface area (Å²) in [7, 11) is 0. The summed E-state index contributed by atoms with van der Waals surface area (Å²) in [5, 5.41) is 3.43. The standard InChI is InChI=1S/C10H12ClN3/c1-4-5-6-12-10-9(11)13-7(2)8(3)14-10/h1H,5-6H2,2-3H3,(H,12,14). The van der Waals surface area contributed by atoms with Gasteiger partial charge >= 0.3 is 0 Å². The van der Waals surface area contributed by atoms with Gasteiger partial charge in [0.05, 0.1) is 11.4 Å². The van der Waals surface area contributed by atoms with Gasteiger partial charge in [0, 0.05) is 13.0 Å². The van der Waals surface area contributed by atoms with Crippen LogP contribution in [-0.4, -0.2) is 16.5 Å². The van der Waals surface area contributed by atoms with E-state index in [9.17, 15) is 0 Å². The number of aromatic nitrogens is 2. The van der Waals surface area contributed by atoms with E-state index in [1.807, 2.05) is 13.8 Å². The Balaban J connectivity index is 2.78. The Morgan fingerprint density at radius 1 is 1.36 bits per heavy atom. The zero-order chi connectivity index (χ0) is 10.6. The lowest BCUT2D eigenvalue weighted by Crippen LogP contribution is -2.06. The summed E-state index contributed by atoms with van der Waals surface area (Å²) in [5.41, 5.74) is 1.72. The molecule has 0 bridgehead atoms. The molecule has 0 spiro atoms. The van der Waals surface area contributed by atoms with E-state index in [0.29, 0.717) is 23.9 Å². The van der Waals surface area contributed by atoms with Crippen molar-refractivity contribution in [2.75, 3.05) is 11.9 Å². The number of nitrogens with one attached hydrogen (secondary N) is 1. The zero-order valence-corrected chi connectivity index (χ0v) is 9.02. The molecular formula is C10H12ClN3. The molecule has 0 fully saturated rings. The van der Waals surface area contributed by atoms with Gasteiger partial charge in [-0.1, -0.05) is 11.6 Å². The fourth-order valence-electron chi connectivity index (χ4n) is 0.941. The molecule has 0 atom stereocenters. The largest absolute Gasteiger partial charge is 0.367 e. The maximum Gasteiger partial charge on any atom is 0.171 e. The van der Waals surface area contributed by atoms with E-state index in [0.717, 1.165) is 11.4 Å². The lowest BCUT2D eigenvalue weighted by Gasteiger charge is -2.07. The van der Waals surface area contributed by atoms with Crippen molar-refractivity contribution in [2.24, 2.45) is 0 Å². The Labute approximate surface area is 88.9 Å². The summed E-state index contributed by atoms with van der Waals surface area (Å²) in [6.07, 6.45) is 5.77. The average molecular weight is 210 g/mol. The Morgan fingerprint density at radius 3 is 2.64 bits per heavy atom. The molecule has 0 aromatic carbocycles. The van der Waals surface area contributed by atoms with Crippen molar-refractivity contribution < 1.29 is 0 Å². The van der Waals surface area contributed by atoms with Gasteiger partial charge in [-0.3, -0.25) is 0 Å². The first kappa shape index (κ1) is 10.8. The predicted octanol–water partition coefficient (Wildman–Crippen LogP) is 2.18. The SMILES string of the molecule is C#CCCNc1nc(C)c(C)nc1Cl. The molecule has 0 radical (unpaired) electrons. The van der Waals surface area contributed by atoms with Crippen LogP contribution in [0.2, 0.25) is 5.15 Å². The Morgan fingerprint density at radius 2 is 2.00 bits per heavy atom. The molecule has 74 valence electrons. The molecule has 0 unspecified atom stereocenters. The summed E-state index contributed by atoms with van der Waals surface area (Å²) >= 11 is 5.89. The zero-order valence-electron chi connectivity index (χ0n) is 8.26. The third-order valence-electron chi connectivity index (χ3n) is 1.83. The Kier molecular flexibility index (Phi) is 3.73. The summed E-state index contributed by atoms with van der Waals surface area (Å²) in [5.74, 6) is 3.13. The summed E-state index contributed by atoms with van der Waals surface area (Å²) in [6, 6.07) is 0. The van der Waals surface area contributed by atoms with E-state index in [1.54, 1.807) is 0 Å². The molecule has 1 heterocycles. The van der Waals surface area contributed by atoms with Crippen molar-refractivity contribution >= 4 is 17.4 Å². The van der Waals surface area contributed by atoms with Gasteiger partial charge in [-0.05, 0) is 13.8 Å². The van der Waals surface area contributed by atoms with Crippen molar-refractivity contribution in [1.29, 1.82) is 0 Å². The van der Waals surface area contributed by atoms with Crippen LogP contribution in [0.3, 0.4) is 0 Å². The lowest BCUT2D eigenvalue weighted by atomic mass is 10.3. The highest BCUT2D eigenvalue weighted by atomic mass is 35.5. The first-order chi connectivity index (χ1) is 6.65. The van der Waals surface area contributed by atoms with Crippen LogP contribution < -0.4 is 5.32 Å². The Bertz CT molecular complexity index is 368. The smallest absolute Gasteiger partial charge is 0.171 e. The third-order valence-corrected chi connectivity index (χ3v) is 2.09. The number of halogens is 1. The third kappa shape index (κ3) is 2.61. The van der Waals surface area contributed by atoms with Gasteiger partial charge in [0.15, 0.2) is 11.0 Å². The van der Waals surface area contributed by atoms with Crippen molar-refractivity contribution in [3.8, 4) is 12.3 Å². The topological polar surface area (TPSA) is 37.8 Å². The molecule has 0 aliphatic heterocycles. The fraction of sp³-hybridized carbons (Fsp3) is 0.400. The number of rotatable bonds is 3. The van der Waals surface area contributed by atoms with Gasteiger partial charge in [-0.15, -0.1) is 12.3 Å². The molecule has 4 heteroatoms. The summed E-state index contributed by atoms with van der Waals surface area (Å²) < 4.78 is 0. The second-order valence-electron chi connectivity index (χ2n) is 2.91.